The first-order valence-corrected chi connectivity index (χ1v) is 8.10. The number of amides is 2. The zero-order chi connectivity index (χ0) is 16.8. The van der Waals surface area contributed by atoms with E-state index in [1.807, 2.05) is 6.07 Å². The fourth-order valence-electron chi connectivity index (χ4n) is 3.71. The van der Waals surface area contributed by atoms with E-state index in [-0.39, 0.29) is 5.06 Å². The van der Waals surface area contributed by atoms with Crippen LogP contribution in [-0.2, 0) is 0 Å². The van der Waals surface area contributed by atoms with Crippen LogP contribution in [0.4, 0.5) is 5.69 Å². The Bertz CT molecular complexity index is 856. The maximum absolute atomic E-state index is 12.4. The van der Waals surface area contributed by atoms with Crippen LogP contribution in [0, 0.1) is 0 Å². The Labute approximate surface area is 139 Å². The number of carbonyl (C=O) groups excluding carboxylic acids is 2. The van der Waals surface area contributed by atoms with Gasteiger partial charge in [0.15, 0.2) is 0 Å². The maximum Gasteiger partial charge on any atom is 0.285 e. The van der Waals surface area contributed by atoms with Crippen molar-refractivity contribution in [3.63, 3.8) is 0 Å². The Hall–Kier alpha value is -2.60. The van der Waals surface area contributed by atoms with E-state index in [1.165, 1.54) is 6.42 Å². The fourth-order valence-corrected chi connectivity index (χ4v) is 3.71. The van der Waals surface area contributed by atoms with E-state index < -0.39 is 11.8 Å². The van der Waals surface area contributed by atoms with Crippen LogP contribution in [0.25, 0.3) is 10.8 Å². The monoisotopic (exact) mass is 326 g/mol. The highest BCUT2D eigenvalue weighted by Crippen LogP contribution is 2.42. The van der Waals surface area contributed by atoms with Crippen LogP contribution in [0.3, 0.4) is 0 Å². The summed E-state index contributed by atoms with van der Waals surface area (Å²) < 4.78 is 5.54. The van der Waals surface area contributed by atoms with Crippen LogP contribution < -0.4 is 9.64 Å². The summed E-state index contributed by atoms with van der Waals surface area (Å²) in [6, 6.07) is 6.95. The Balaban J connectivity index is 2.05. The van der Waals surface area contributed by atoms with Crippen molar-refractivity contribution in [2.45, 2.75) is 19.3 Å². The molecular weight excluding hydrogens is 308 g/mol. The molecule has 1 saturated heterocycles. The lowest BCUT2D eigenvalue weighted by molar-refractivity contribution is -0.0377. The van der Waals surface area contributed by atoms with Crippen molar-refractivity contribution in [1.29, 1.82) is 0 Å². The molecule has 0 aromatic heterocycles. The van der Waals surface area contributed by atoms with E-state index in [4.69, 9.17) is 4.74 Å². The molecule has 1 fully saturated rings. The van der Waals surface area contributed by atoms with Gasteiger partial charge in [-0.1, -0.05) is 12.1 Å². The van der Waals surface area contributed by atoms with Gasteiger partial charge in [-0.05, 0) is 31.4 Å². The van der Waals surface area contributed by atoms with Gasteiger partial charge in [-0.3, -0.25) is 14.8 Å². The number of anilines is 1. The molecule has 2 aromatic rings. The molecule has 2 aromatic carbocycles. The summed E-state index contributed by atoms with van der Waals surface area (Å²) in [6.45, 7) is 1.84. The van der Waals surface area contributed by atoms with Crippen LogP contribution in [0.5, 0.6) is 5.75 Å². The van der Waals surface area contributed by atoms with Gasteiger partial charge in [-0.2, -0.15) is 0 Å². The molecule has 2 amide bonds. The number of hydrogen-bond donors (Lipinski definition) is 1. The lowest BCUT2D eigenvalue weighted by atomic mass is 9.92. The normalized spacial score (nSPS) is 17.6. The predicted molar refractivity (Wildman–Crippen MR) is 88.9 cm³/mol. The Kier molecular flexibility index (Phi) is 3.42. The lowest BCUT2D eigenvalue weighted by Crippen LogP contribution is -2.38. The highest BCUT2D eigenvalue weighted by atomic mass is 16.5. The van der Waals surface area contributed by atoms with Gasteiger partial charge in [-0.25, -0.2) is 0 Å². The van der Waals surface area contributed by atoms with E-state index in [9.17, 15) is 14.8 Å². The number of nitrogens with zero attached hydrogens (tertiary/aromatic N) is 2. The minimum absolute atomic E-state index is 0.178. The molecular formula is C18H18N2O4. The molecule has 1 N–H and O–H groups in total. The van der Waals surface area contributed by atoms with Gasteiger partial charge in [0.25, 0.3) is 11.8 Å². The number of benzene rings is 2. The van der Waals surface area contributed by atoms with E-state index >= 15 is 0 Å². The average Bonchev–Trinajstić information content (AvgIpc) is 2.64. The summed E-state index contributed by atoms with van der Waals surface area (Å²) >= 11 is 0. The molecule has 24 heavy (non-hydrogen) atoms. The Morgan fingerprint density at radius 3 is 2.46 bits per heavy atom. The van der Waals surface area contributed by atoms with Crippen LogP contribution >= 0.6 is 0 Å². The highest BCUT2D eigenvalue weighted by Gasteiger charge is 2.34. The molecule has 2 aliphatic rings. The van der Waals surface area contributed by atoms with Gasteiger partial charge in [0.1, 0.15) is 5.75 Å². The number of hydrogen-bond acceptors (Lipinski definition) is 5. The molecule has 124 valence electrons. The topological polar surface area (TPSA) is 70.1 Å². The molecule has 0 aliphatic carbocycles. The van der Waals surface area contributed by atoms with Gasteiger partial charge in [0.05, 0.1) is 23.9 Å². The highest BCUT2D eigenvalue weighted by molar-refractivity contribution is 6.26. The third kappa shape index (κ3) is 1.99. The number of hydroxylamine groups is 2. The van der Waals surface area contributed by atoms with E-state index in [2.05, 4.69) is 4.90 Å². The molecule has 0 radical (unpaired) electrons. The minimum Gasteiger partial charge on any atom is -0.495 e. The molecule has 0 spiro atoms. The molecule has 4 rings (SSSR count). The number of piperidine rings is 1. The second-order valence-corrected chi connectivity index (χ2v) is 6.17. The molecule has 6 heteroatoms. The van der Waals surface area contributed by atoms with Gasteiger partial charge in [0, 0.05) is 23.9 Å². The van der Waals surface area contributed by atoms with Gasteiger partial charge in [0.2, 0.25) is 0 Å². The van der Waals surface area contributed by atoms with Crippen LogP contribution in [0.1, 0.15) is 40.0 Å². The first kappa shape index (κ1) is 15.0. The number of methoxy groups -OCH3 is 1. The number of ether oxygens (including phenoxy) is 1. The summed E-state index contributed by atoms with van der Waals surface area (Å²) in [5.74, 6) is -0.812. The Morgan fingerprint density at radius 2 is 1.75 bits per heavy atom. The smallest absolute Gasteiger partial charge is 0.285 e. The molecule has 0 atom stereocenters. The van der Waals surface area contributed by atoms with Crippen molar-refractivity contribution in [3.8, 4) is 5.75 Å². The predicted octanol–water partition coefficient (Wildman–Crippen LogP) is 2.82. The molecule has 2 aliphatic heterocycles. The maximum atomic E-state index is 12.4. The van der Waals surface area contributed by atoms with E-state index in [0.717, 1.165) is 37.0 Å². The van der Waals surface area contributed by atoms with Gasteiger partial charge >= 0.3 is 0 Å². The molecule has 6 nitrogen and oxygen atoms in total. The van der Waals surface area contributed by atoms with Crippen LogP contribution in [-0.4, -0.2) is 42.3 Å². The van der Waals surface area contributed by atoms with Crippen molar-refractivity contribution >= 4 is 28.3 Å². The van der Waals surface area contributed by atoms with Crippen molar-refractivity contribution in [2.24, 2.45) is 0 Å². The molecule has 0 bridgehead atoms. The number of carbonyl (C=O) groups is 2. The first-order valence-electron chi connectivity index (χ1n) is 8.10. The van der Waals surface area contributed by atoms with Gasteiger partial charge in [-0.15, -0.1) is 5.06 Å². The van der Waals surface area contributed by atoms with Gasteiger partial charge < -0.3 is 9.64 Å². The number of rotatable bonds is 2. The summed E-state index contributed by atoms with van der Waals surface area (Å²) in [5, 5.41) is 11.4. The summed E-state index contributed by atoms with van der Waals surface area (Å²) in [6.07, 6.45) is 3.42. The van der Waals surface area contributed by atoms with Crippen LogP contribution in [0.15, 0.2) is 24.3 Å². The second-order valence-electron chi connectivity index (χ2n) is 6.17. The third-order valence-corrected chi connectivity index (χ3v) is 4.84. The largest absolute Gasteiger partial charge is 0.495 e. The number of imide groups is 1. The van der Waals surface area contributed by atoms with Crippen molar-refractivity contribution in [1.82, 2.24) is 5.06 Å². The van der Waals surface area contributed by atoms with Crippen LogP contribution in [0.2, 0.25) is 0 Å². The van der Waals surface area contributed by atoms with Crippen molar-refractivity contribution in [3.05, 3.63) is 35.4 Å². The standard InChI is InChI=1S/C18H18N2O4/c1-24-14-10-13-15-11(16(14)19-8-3-2-4-9-19)6-5-7-12(15)17(21)20(23)18(13)22/h5-7,10,23H,2-4,8-9H2,1H3. The fraction of sp³-hybridized carbons (Fsp3) is 0.333. The van der Waals surface area contributed by atoms with Crippen molar-refractivity contribution < 1.29 is 19.5 Å². The molecule has 2 heterocycles. The van der Waals surface area contributed by atoms with E-state index in [1.54, 1.807) is 25.3 Å². The minimum atomic E-state index is -0.716. The zero-order valence-electron chi connectivity index (χ0n) is 13.4. The first-order chi connectivity index (χ1) is 11.6. The van der Waals surface area contributed by atoms with E-state index in [0.29, 0.717) is 22.3 Å². The lowest BCUT2D eigenvalue weighted by Gasteiger charge is -2.32. The summed E-state index contributed by atoms with van der Waals surface area (Å²) in [5.41, 5.74) is 1.55. The quantitative estimate of drug-likeness (QED) is 0.679. The SMILES string of the molecule is COc1cc2c3c(cccc3c1N1CCCCC1)C(=O)N(O)C2=O. The Morgan fingerprint density at radius 1 is 1.04 bits per heavy atom. The molecule has 0 unspecified atom stereocenters. The average molecular weight is 326 g/mol. The zero-order valence-corrected chi connectivity index (χ0v) is 13.4. The van der Waals surface area contributed by atoms with Crippen molar-refractivity contribution in [2.75, 3.05) is 25.1 Å². The third-order valence-electron chi connectivity index (χ3n) is 4.84. The second kappa shape index (κ2) is 5.49. The summed E-state index contributed by atoms with van der Waals surface area (Å²) in [4.78, 5) is 26.9. The summed E-state index contributed by atoms with van der Waals surface area (Å²) in [7, 11) is 1.57. The molecule has 0 saturated carbocycles.